The molecule has 2 rings (SSSR count). The molecular formula is C21H26N2O3. The first-order valence-electron chi connectivity index (χ1n) is 8.65. The van der Waals surface area contributed by atoms with Crippen molar-refractivity contribution in [3.05, 3.63) is 58.7 Å². The van der Waals surface area contributed by atoms with E-state index in [4.69, 9.17) is 4.74 Å². The number of hydrogen-bond acceptors (Lipinski definition) is 3. The first kappa shape index (κ1) is 19.5. The van der Waals surface area contributed by atoms with Gasteiger partial charge in [-0.1, -0.05) is 29.8 Å². The first-order valence-corrected chi connectivity index (χ1v) is 8.65. The fourth-order valence-electron chi connectivity index (χ4n) is 2.82. The number of hydrogen-bond donors (Lipinski definition) is 2. The lowest BCUT2D eigenvalue weighted by atomic mass is 10.1. The summed E-state index contributed by atoms with van der Waals surface area (Å²) in [4.78, 5) is 24.3. The Balaban J connectivity index is 1.87. The summed E-state index contributed by atoms with van der Waals surface area (Å²) < 4.78 is 5.62. The molecule has 1 atom stereocenters. The van der Waals surface area contributed by atoms with Gasteiger partial charge in [-0.05, 0) is 63.4 Å². The summed E-state index contributed by atoms with van der Waals surface area (Å²) in [6.45, 7) is 9.42. The highest BCUT2D eigenvalue weighted by molar-refractivity contribution is 5.96. The number of carbonyl (C=O) groups excluding carboxylic acids is 2. The molecule has 0 saturated carbocycles. The molecular weight excluding hydrogens is 328 g/mol. The molecule has 0 saturated heterocycles. The van der Waals surface area contributed by atoms with Crippen molar-refractivity contribution in [2.45, 2.75) is 40.7 Å². The van der Waals surface area contributed by atoms with E-state index in [2.05, 4.69) is 10.6 Å². The molecule has 1 unspecified atom stereocenters. The maximum absolute atomic E-state index is 12.2. The van der Waals surface area contributed by atoms with E-state index < -0.39 is 6.10 Å². The Kier molecular flexibility index (Phi) is 6.39. The quantitative estimate of drug-likeness (QED) is 0.835. The normalized spacial score (nSPS) is 11.6. The fourth-order valence-corrected chi connectivity index (χ4v) is 2.82. The predicted octanol–water partition coefficient (Wildman–Crippen LogP) is 3.44. The first-order chi connectivity index (χ1) is 12.3. The highest BCUT2D eigenvalue weighted by atomic mass is 16.5. The molecule has 2 amide bonds. The third-order valence-corrected chi connectivity index (χ3v) is 4.04. The standard InChI is InChI=1S/C21H26N2O3/c1-13-7-6-8-18(11-13)26-17(5)21(25)22-12-19(24)23-20-15(3)9-14(2)10-16(20)4/h6-11,17H,12H2,1-5H3,(H,22,25)(H,23,24). The molecule has 0 aliphatic carbocycles. The van der Waals surface area contributed by atoms with Crippen LogP contribution in [0, 0.1) is 27.7 Å². The van der Waals surface area contributed by atoms with E-state index in [1.54, 1.807) is 13.0 Å². The van der Waals surface area contributed by atoms with E-state index in [1.165, 1.54) is 0 Å². The molecule has 2 aromatic rings. The van der Waals surface area contributed by atoms with Crippen LogP contribution in [0.4, 0.5) is 5.69 Å². The predicted molar refractivity (Wildman–Crippen MR) is 104 cm³/mol. The van der Waals surface area contributed by atoms with Crippen molar-refractivity contribution >= 4 is 17.5 Å². The van der Waals surface area contributed by atoms with Crippen molar-refractivity contribution in [3.8, 4) is 5.75 Å². The van der Waals surface area contributed by atoms with Crippen LogP contribution < -0.4 is 15.4 Å². The second-order valence-electron chi connectivity index (χ2n) is 6.62. The number of anilines is 1. The lowest BCUT2D eigenvalue weighted by Crippen LogP contribution is -2.40. The van der Waals surface area contributed by atoms with Crippen LogP contribution in [0.15, 0.2) is 36.4 Å². The van der Waals surface area contributed by atoms with Crippen LogP contribution >= 0.6 is 0 Å². The number of nitrogens with one attached hydrogen (secondary N) is 2. The van der Waals surface area contributed by atoms with Crippen molar-refractivity contribution in [3.63, 3.8) is 0 Å². The van der Waals surface area contributed by atoms with E-state index in [9.17, 15) is 9.59 Å². The van der Waals surface area contributed by atoms with Gasteiger partial charge in [-0.15, -0.1) is 0 Å². The maximum Gasteiger partial charge on any atom is 0.261 e. The molecule has 0 heterocycles. The minimum Gasteiger partial charge on any atom is -0.481 e. The Morgan fingerprint density at radius 2 is 1.65 bits per heavy atom. The highest BCUT2D eigenvalue weighted by Crippen LogP contribution is 2.21. The van der Waals surface area contributed by atoms with Gasteiger partial charge in [0.05, 0.1) is 6.54 Å². The zero-order valence-electron chi connectivity index (χ0n) is 16.0. The smallest absolute Gasteiger partial charge is 0.261 e. The van der Waals surface area contributed by atoms with Crippen molar-refractivity contribution < 1.29 is 14.3 Å². The van der Waals surface area contributed by atoms with E-state index in [1.807, 2.05) is 58.0 Å². The molecule has 0 bridgehead atoms. The van der Waals surface area contributed by atoms with Gasteiger partial charge in [-0.2, -0.15) is 0 Å². The van der Waals surface area contributed by atoms with Crippen LogP contribution in [-0.2, 0) is 9.59 Å². The summed E-state index contributed by atoms with van der Waals surface area (Å²) in [5, 5.41) is 5.47. The molecule has 0 aliphatic rings. The van der Waals surface area contributed by atoms with Crippen LogP contribution in [0.25, 0.3) is 0 Å². The van der Waals surface area contributed by atoms with E-state index in [0.717, 1.165) is 27.9 Å². The van der Waals surface area contributed by atoms with Crippen molar-refractivity contribution in [2.75, 3.05) is 11.9 Å². The SMILES string of the molecule is Cc1cccc(OC(C)C(=O)NCC(=O)Nc2c(C)cc(C)cc2C)c1. The number of aryl methyl sites for hydroxylation is 4. The summed E-state index contributed by atoms with van der Waals surface area (Å²) in [6.07, 6.45) is -0.688. The topological polar surface area (TPSA) is 67.4 Å². The zero-order valence-corrected chi connectivity index (χ0v) is 16.0. The summed E-state index contributed by atoms with van der Waals surface area (Å²) in [6, 6.07) is 11.5. The van der Waals surface area contributed by atoms with E-state index >= 15 is 0 Å². The molecule has 0 aromatic heterocycles. The maximum atomic E-state index is 12.2. The Bertz CT molecular complexity index is 792. The Morgan fingerprint density at radius 3 is 2.27 bits per heavy atom. The van der Waals surface area contributed by atoms with Crippen LogP contribution in [0.3, 0.4) is 0 Å². The second kappa shape index (κ2) is 8.52. The number of amides is 2. The Hall–Kier alpha value is -2.82. The average molecular weight is 354 g/mol. The molecule has 5 heteroatoms. The van der Waals surface area contributed by atoms with Crippen LogP contribution in [0.1, 0.15) is 29.2 Å². The zero-order chi connectivity index (χ0) is 19.3. The lowest BCUT2D eigenvalue weighted by Gasteiger charge is -2.16. The van der Waals surface area contributed by atoms with Crippen molar-refractivity contribution in [2.24, 2.45) is 0 Å². The van der Waals surface area contributed by atoms with Crippen LogP contribution in [0.2, 0.25) is 0 Å². The van der Waals surface area contributed by atoms with Gasteiger partial charge in [-0.25, -0.2) is 0 Å². The molecule has 2 N–H and O–H groups in total. The third-order valence-electron chi connectivity index (χ3n) is 4.04. The number of ether oxygens (including phenoxy) is 1. The largest absolute Gasteiger partial charge is 0.481 e. The van der Waals surface area contributed by atoms with Gasteiger partial charge < -0.3 is 15.4 Å². The van der Waals surface area contributed by atoms with Crippen molar-refractivity contribution in [1.29, 1.82) is 0 Å². The molecule has 0 aliphatic heterocycles. The van der Waals surface area contributed by atoms with Gasteiger partial charge in [0.1, 0.15) is 5.75 Å². The Morgan fingerprint density at radius 1 is 1.00 bits per heavy atom. The summed E-state index contributed by atoms with van der Waals surface area (Å²) in [7, 11) is 0. The van der Waals surface area contributed by atoms with Gasteiger partial charge in [0.15, 0.2) is 6.10 Å². The van der Waals surface area contributed by atoms with Crippen LogP contribution in [0.5, 0.6) is 5.75 Å². The lowest BCUT2D eigenvalue weighted by molar-refractivity contribution is -0.129. The minimum atomic E-state index is -0.688. The number of benzene rings is 2. The second-order valence-corrected chi connectivity index (χ2v) is 6.62. The average Bonchev–Trinajstić information content (AvgIpc) is 2.55. The number of carbonyl (C=O) groups is 2. The van der Waals surface area contributed by atoms with E-state index in [-0.39, 0.29) is 18.4 Å². The van der Waals surface area contributed by atoms with Gasteiger partial charge in [0.25, 0.3) is 5.91 Å². The Labute approximate surface area is 154 Å². The van der Waals surface area contributed by atoms with Gasteiger partial charge in [-0.3, -0.25) is 9.59 Å². The highest BCUT2D eigenvalue weighted by Gasteiger charge is 2.16. The number of rotatable bonds is 6. The molecule has 138 valence electrons. The van der Waals surface area contributed by atoms with Gasteiger partial charge in [0.2, 0.25) is 5.91 Å². The van der Waals surface area contributed by atoms with E-state index in [0.29, 0.717) is 5.75 Å². The molecule has 2 aromatic carbocycles. The van der Waals surface area contributed by atoms with Crippen LogP contribution in [-0.4, -0.2) is 24.5 Å². The van der Waals surface area contributed by atoms with Gasteiger partial charge >= 0.3 is 0 Å². The summed E-state index contributed by atoms with van der Waals surface area (Å²) >= 11 is 0. The summed E-state index contributed by atoms with van der Waals surface area (Å²) in [5.41, 5.74) is 4.99. The molecule has 26 heavy (non-hydrogen) atoms. The molecule has 0 spiro atoms. The third kappa shape index (κ3) is 5.34. The monoisotopic (exact) mass is 354 g/mol. The molecule has 0 fully saturated rings. The fraction of sp³-hybridized carbons (Fsp3) is 0.333. The van der Waals surface area contributed by atoms with Gasteiger partial charge in [0, 0.05) is 5.69 Å². The summed E-state index contributed by atoms with van der Waals surface area (Å²) in [5.74, 6) is 0.0261. The van der Waals surface area contributed by atoms with Crippen molar-refractivity contribution in [1.82, 2.24) is 5.32 Å². The minimum absolute atomic E-state index is 0.104. The molecule has 0 radical (unpaired) electrons. The molecule has 5 nitrogen and oxygen atoms in total.